The lowest BCUT2D eigenvalue weighted by Crippen LogP contribution is -2.47. The van der Waals surface area contributed by atoms with Gasteiger partial charge in [-0.3, -0.25) is 9.59 Å². The Balaban J connectivity index is 3.91. The summed E-state index contributed by atoms with van der Waals surface area (Å²) in [5, 5.41) is 13.4. The topological polar surface area (TPSA) is 105 Å². The zero-order valence-electron chi connectivity index (χ0n) is 8.57. The second-order valence-electron chi connectivity index (χ2n) is 2.80. The lowest BCUT2D eigenvalue weighted by Gasteiger charge is -2.13. The van der Waals surface area contributed by atoms with Crippen molar-refractivity contribution >= 4 is 17.8 Å². The van der Waals surface area contributed by atoms with Crippen LogP contribution in [0.2, 0.25) is 0 Å². The fraction of sp³-hybridized carbons (Fsp3) is 0.625. The minimum absolute atomic E-state index is 0.0377. The monoisotopic (exact) mass is 218 g/mol. The van der Waals surface area contributed by atoms with Gasteiger partial charge in [0.2, 0.25) is 5.91 Å². The molecular weight excluding hydrogens is 204 g/mol. The van der Waals surface area contributed by atoms with E-state index in [0.717, 1.165) is 0 Å². The fourth-order valence-electron chi connectivity index (χ4n) is 0.836. The maximum Gasteiger partial charge on any atom is 0.327 e. The highest BCUT2D eigenvalue weighted by Gasteiger charge is 2.17. The number of nitrogens with one attached hydrogen (secondary N) is 2. The third-order valence-electron chi connectivity index (χ3n) is 1.52. The molecule has 0 saturated carbocycles. The van der Waals surface area contributed by atoms with Gasteiger partial charge in [-0.25, -0.2) is 4.79 Å². The number of aliphatic carboxylic acids is 1. The van der Waals surface area contributed by atoms with Crippen molar-refractivity contribution in [3.63, 3.8) is 0 Å². The van der Waals surface area contributed by atoms with Gasteiger partial charge in [-0.15, -0.1) is 0 Å². The number of carbonyl (C=O) groups excluding carboxylic acids is 2. The largest absolute Gasteiger partial charge is 0.480 e. The van der Waals surface area contributed by atoms with Crippen LogP contribution in [0.4, 0.5) is 0 Å². The molecule has 86 valence electrons. The van der Waals surface area contributed by atoms with Gasteiger partial charge < -0.3 is 20.5 Å². The summed E-state index contributed by atoms with van der Waals surface area (Å²) in [6.45, 7) is 1.08. The quantitative estimate of drug-likeness (QED) is 0.461. The number of methoxy groups -OCH3 is 1. The lowest BCUT2D eigenvalue weighted by molar-refractivity contribution is -0.142. The van der Waals surface area contributed by atoms with E-state index in [0.29, 0.717) is 0 Å². The molecule has 7 heteroatoms. The van der Waals surface area contributed by atoms with Crippen molar-refractivity contribution < 1.29 is 24.2 Å². The summed E-state index contributed by atoms with van der Waals surface area (Å²) < 4.78 is 4.34. The Morgan fingerprint density at radius 2 is 2.00 bits per heavy atom. The summed E-state index contributed by atoms with van der Waals surface area (Å²) in [6, 6.07) is -1.05. The summed E-state index contributed by atoms with van der Waals surface area (Å²) in [5.74, 6) is -2.10. The van der Waals surface area contributed by atoms with E-state index in [-0.39, 0.29) is 13.1 Å². The lowest BCUT2D eigenvalue weighted by atomic mass is 10.3. The summed E-state index contributed by atoms with van der Waals surface area (Å²) in [6.07, 6.45) is 0. The molecule has 0 spiro atoms. The van der Waals surface area contributed by atoms with E-state index in [1.165, 1.54) is 14.0 Å². The van der Waals surface area contributed by atoms with Crippen LogP contribution in [0.3, 0.4) is 0 Å². The summed E-state index contributed by atoms with van der Waals surface area (Å²) >= 11 is 0. The highest BCUT2D eigenvalue weighted by molar-refractivity contribution is 5.82. The van der Waals surface area contributed by atoms with Crippen LogP contribution in [0.1, 0.15) is 6.92 Å². The van der Waals surface area contributed by atoms with E-state index in [1.807, 2.05) is 0 Å². The molecule has 1 atom stereocenters. The van der Waals surface area contributed by atoms with Gasteiger partial charge in [0.15, 0.2) is 0 Å². The van der Waals surface area contributed by atoms with Gasteiger partial charge in [-0.1, -0.05) is 0 Å². The van der Waals surface area contributed by atoms with Crippen LogP contribution in [0.25, 0.3) is 0 Å². The molecule has 3 N–H and O–H groups in total. The molecule has 1 amide bonds. The highest BCUT2D eigenvalue weighted by Crippen LogP contribution is 1.82. The molecule has 0 heterocycles. The van der Waals surface area contributed by atoms with Gasteiger partial charge in [0.1, 0.15) is 6.04 Å². The molecule has 0 aromatic carbocycles. The first-order valence-electron chi connectivity index (χ1n) is 4.24. The minimum atomic E-state index is -1.16. The molecule has 15 heavy (non-hydrogen) atoms. The third kappa shape index (κ3) is 6.44. The van der Waals surface area contributed by atoms with Crippen molar-refractivity contribution in [2.45, 2.75) is 13.0 Å². The predicted octanol–water partition coefficient (Wildman–Crippen LogP) is -1.66. The smallest absolute Gasteiger partial charge is 0.327 e. The molecule has 0 rings (SSSR count). The highest BCUT2D eigenvalue weighted by atomic mass is 16.5. The van der Waals surface area contributed by atoms with Crippen LogP contribution in [0.15, 0.2) is 0 Å². The number of carbonyl (C=O) groups is 3. The van der Waals surface area contributed by atoms with Gasteiger partial charge in [-0.05, 0) is 0 Å². The summed E-state index contributed by atoms with van der Waals surface area (Å²) in [5.41, 5.74) is 0. The maximum atomic E-state index is 10.7. The summed E-state index contributed by atoms with van der Waals surface area (Å²) in [7, 11) is 1.23. The Bertz CT molecular complexity index is 253. The molecule has 0 radical (unpaired) electrons. The van der Waals surface area contributed by atoms with Gasteiger partial charge in [-0.2, -0.15) is 0 Å². The van der Waals surface area contributed by atoms with Crippen molar-refractivity contribution in [2.24, 2.45) is 0 Å². The molecule has 1 unspecified atom stereocenters. The van der Waals surface area contributed by atoms with Gasteiger partial charge in [0, 0.05) is 13.5 Å². The maximum absolute atomic E-state index is 10.7. The van der Waals surface area contributed by atoms with Crippen molar-refractivity contribution in [3.8, 4) is 0 Å². The molecule has 0 aliphatic rings. The first-order valence-corrected chi connectivity index (χ1v) is 4.24. The molecule has 0 fully saturated rings. The number of amides is 1. The number of hydrogen-bond donors (Lipinski definition) is 3. The van der Waals surface area contributed by atoms with Crippen LogP contribution in [-0.2, 0) is 19.1 Å². The van der Waals surface area contributed by atoms with Crippen LogP contribution in [0, 0.1) is 0 Å². The third-order valence-corrected chi connectivity index (χ3v) is 1.52. The van der Waals surface area contributed by atoms with E-state index in [9.17, 15) is 14.4 Å². The molecule has 0 bridgehead atoms. The van der Waals surface area contributed by atoms with E-state index in [4.69, 9.17) is 5.11 Å². The number of carboxylic acid groups (broad SMARTS) is 1. The molecule has 7 nitrogen and oxygen atoms in total. The Hall–Kier alpha value is -1.63. The fourth-order valence-corrected chi connectivity index (χ4v) is 0.836. The number of esters is 1. The standard InChI is InChI=1S/C8H14N2O5/c1-5(11)10-6(8(13)14)3-9-4-7(12)15-2/h6,9H,3-4H2,1-2H3,(H,10,11)(H,13,14). The number of rotatable bonds is 6. The van der Waals surface area contributed by atoms with Crippen LogP contribution >= 0.6 is 0 Å². The van der Waals surface area contributed by atoms with E-state index in [2.05, 4.69) is 15.4 Å². The summed E-state index contributed by atoms with van der Waals surface area (Å²) in [4.78, 5) is 31.9. The average molecular weight is 218 g/mol. The van der Waals surface area contributed by atoms with Gasteiger partial charge >= 0.3 is 11.9 Å². The second kappa shape index (κ2) is 6.77. The van der Waals surface area contributed by atoms with Gasteiger partial charge in [0.05, 0.1) is 13.7 Å². The van der Waals surface area contributed by atoms with Crippen molar-refractivity contribution in [3.05, 3.63) is 0 Å². The Morgan fingerprint density at radius 3 is 2.40 bits per heavy atom. The van der Waals surface area contributed by atoms with Crippen LogP contribution < -0.4 is 10.6 Å². The number of ether oxygens (including phenoxy) is 1. The van der Waals surface area contributed by atoms with Gasteiger partial charge in [0.25, 0.3) is 0 Å². The Kier molecular flexibility index (Phi) is 6.03. The second-order valence-corrected chi connectivity index (χ2v) is 2.80. The molecule has 0 aromatic rings. The first kappa shape index (κ1) is 13.4. The van der Waals surface area contributed by atoms with Crippen molar-refractivity contribution in [2.75, 3.05) is 20.2 Å². The zero-order chi connectivity index (χ0) is 11.8. The normalized spacial score (nSPS) is 11.6. The van der Waals surface area contributed by atoms with Crippen LogP contribution in [0.5, 0.6) is 0 Å². The Morgan fingerprint density at radius 1 is 1.40 bits per heavy atom. The van der Waals surface area contributed by atoms with Crippen molar-refractivity contribution in [1.82, 2.24) is 10.6 Å². The molecule has 0 saturated heterocycles. The van der Waals surface area contributed by atoms with Crippen LogP contribution in [-0.4, -0.2) is 49.2 Å². The van der Waals surface area contributed by atoms with Crippen molar-refractivity contribution in [1.29, 1.82) is 0 Å². The number of carboxylic acids is 1. The molecule has 0 aromatic heterocycles. The Labute approximate surface area is 86.8 Å². The molecular formula is C8H14N2O5. The SMILES string of the molecule is COC(=O)CNCC(NC(C)=O)C(=O)O. The molecule has 0 aliphatic carbocycles. The molecule has 0 aliphatic heterocycles. The number of hydrogen-bond acceptors (Lipinski definition) is 5. The predicted molar refractivity (Wildman–Crippen MR) is 50.1 cm³/mol. The first-order chi connectivity index (χ1) is 6.97. The average Bonchev–Trinajstić information content (AvgIpc) is 2.15. The minimum Gasteiger partial charge on any atom is -0.480 e. The van der Waals surface area contributed by atoms with E-state index < -0.39 is 23.9 Å². The van der Waals surface area contributed by atoms with E-state index >= 15 is 0 Å². The van der Waals surface area contributed by atoms with E-state index in [1.54, 1.807) is 0 Å². The zero-order valence-corrected chi connectivity index (χ0v) is 8.57.